The van der Waals surface area contributed by atoms with Crippen molar-refractivity contribution in [1.82, 2.24) is 9.13 Å². The first kappa shape index (κ1) is 31.7. The van der Waals surface area contributed by atoms with E-state index in [-0.39, 0.29) is 36.5 Å². The van der Waals surface area contributed by atoms with Gasteiger partial charge in [-0.1, -0.05) is 41.7 Å². The van der Waals surface area contributed by atoms with Gasteiger partial charge in [-0.15, -0.1) is 0 Å². The van der Waals surface area contributed by atoms with Crippen molar-refractivity contribution in [3.05, 3.63) is 127 Å². The van der Waals surface area contributed by atoms with Crippen molar-refractivity contribution in [3.8, 4) is 5.75 Å². The molecule has 1 aliphatic rings. The van der Waals surface area contributed by atoms with Crippen LogP contribution in [0.15, 0.2) is 100 Å². The monoisotopic (exact) mass is 652 g/mol. The first-order valence-electron chi connectivity index (χ1n) is 15.2. The van der Waals surface area contributed by atoms with Crippen LogP contribution in [-0.2, 0) is 20.9 Å². The Hall–Kier alpha value is -5.29. The number of thiazole rings is 1. The van der Waals surface area contributed by atoms with Gasteiger partial charge in [0, 0.05) is 28.4 Å². The Morgan fingerprint density at radius 3 is 2.49 bits per heavy atom. The van der Waals surface area contributed by atoms with Crippen LogP contribution in [0.25, 0.3) is 17.0 Å². The fraction of sp³-hybridized carbons (Fsp3) is 0.222. The summed E-state index contributed by atoms with van der Waals surface area (Å²) in [5.74, 6) is -0.521. The maximum atomic E-state index is 14.2. The van der Waals surface area contributed by atoms with Gasteiger partial charge >= 0.3 is 5.97 Å². The summed E-state index contributed by atoms with van der Waals surface area (Å²) in [5.41, 5.74) is 3.23. The Kier molecular flexibility index (Phi) is 8.91. The lowest BCUT2D eigenvalue weighted by atomic mass is 9.96. The zero-order valence-corrected chi connectivity index (χ0v) is 27.1. The van der Waals surface area contributed by atoms with E-state index < -0.39 is 12.0 Å². The largest absolute Gasteiger partial charge is 0.491 e. The van der Waals surface area contributed by atoms with Crippen molar-refractivity contribution in [1.29, 1.82) is 0 Å². The van der Waals surface area contributed by atoms with E-state index in [9.17, 15) is 18.8 Å². The third-order valence-corrected chi connectivity index (χ3v) is 8.62. The van der Waals surface area contributed by atoms with Gasteiger partial charge in [0.15, 0.2) is 4.80 Å². The number of aromatic nitrogens is 2. The number of rotatable bonds is 9. The van der Waals surface area contributed by atoms with Gasteiger partial charge in [0.05, 0.1) is 34.6 Å². The molecule has 0 spiro atoms. The first-order valence-corrected chi connectivity index (χ1v) is 16.0. The number of hydrogen-bond acceptors (Lipinski definition) is 7. The Bertz CT molecular complexity index is 2190. The molecule has 1 N–H and O–H groups in total. The fourth-order valence-corrected chi connectivity index (χ4v) is 6.70. The highest BCUT2D eigenvalue weighted by atomic mass is 32.1. The normalized spacial score (nSPS) is 14.7. The molecule has 1 atom stereocenters. The number of fused-ring (bicyclic) bond motifs is 2. The molecule has 3 heterocycles. The number of carbonyl (C=O) groups is 2. The summed E-state index contributed by atoms with van der Waals surface area (Å²) in [5, 5.41) is 3.65. The SMILES string of the molecule is CCOC(=O)C1=C(C)N=c2s/c(=C\c3cn(CC(=O)Nc4ccc(F)cc4)c4ccccc34)c(=O)n2[C@@H]1c1ccc(OC(C)C)cc1. The highest BCUT2D eigenvalue weighted by Crippen LogP contribution is 2.32. The molecule has 0 saturated heterocycles. The van der Waals surface area contributed by atoms with Crippen molar-refractivity contribution >= 4 is 45.9 Å². The van der Waals surface area contributed by atoms with Gasteiger partial charge in [0.1, 0.15) is 18.1 Å². The minimum atomic E-state index is -0.753. The summed E-state index contributed by atoms with van der Waals surface area (Å²) < 4.78 is 28.3. The molecular formula is C36H33FN4O5S. The molecule has 240 valence electrons. The molecule has 1 aliphatic heterocycles. The molecule has 0 unspecified atom stereocenters. The number of para-hydroxylation sites is 1. The fourth-order valence-electron chi connectivity index (χ4n) is 5.66. The predicted octanol–water partition coefficient (Wildman–Crippen LogP) is 5.32. The molecular weight excluding hydrogens is 619 g/mol. The van der Waals surface area contributed by atoms with Crippen LogP contribution in [-0.4, -0.2) is 33.7 Å². The van der Waals surface area contributed by atoms with Crippen molar-refractivity contribution in [2.75, 3.05) is 11.9 Å². The van der Waals surface area contributed by atoms with Crippen molar-refractivity contribution in [2.45, 2.75) is 46.4 Å². The van der Waals surface area contributed by atoms with Crippen LogP contribution < -0.4 is 24.9 Å². The third-order valence-electron chi connectivity index (χ3n) is 7.63. The molecule has 9 nitrogen and oxygen atoms in total. The van der Waals surface area contributed by atoms with Gasteiger partial charge in [-0.25, -0.2) is 14.2 Å². The van der Waals surface area contributed by atoms with Crippen LogP contribution in [0.5, 0.6) is 5.75 Å². The van der Waals surface area contributed by atoms with Crippen LogP contribution in [0.3, 0.4) is 0 Å². The molecule has 3 aromatic carbocycles. The second kappa shape index (κ2) is 13.2. The number of halogens is 1. The van der Waals surface area contributed by atoms with E-state index in [2.05, 4.69) is 10.3 Å². The second-order valence-electron chi connectivity index (χ2n) is 11.3. The molecule has 0 radical (unpaired) electrons. The summed E-state index contributed by atoms with van der Waals surface area (Å²) in [6.45, 7) is 7.55. The lowest BCUT2D eigenvalue weighted by Crippen LogP contribution is -2.39. The van der Waals surface area contributed by atoms with E-state index in [1.54, 1.807) is 24.5 Å². The van der Waals surface area contributed by atoms with Crippen molar-refractivity contribution in [3.63, 3.8) is 0 Å². The Morgan fingerprint density at radius 1 is 1.06 bits per heavy atom. The number of allylic oxidation sites excluding steroid dienone is 1. The molecule has 2 aromatic heterocycles. The summed E-state index contributed by atoms with van der Waals surface area (Å²) in [6.07, 6.45) is 3.61. The summed E-state index contributed by atoms with van der Waals surface area (Å²) in [7, 11) is 0. The smallest absolute Gasteiger partial charge is 0.338 e. The molecule has 47 heavy (non-hydrogen) atoms. The van der Waals surface area contributed by atoms with E-state index in [0.717, 1.165) is 22.0 Å². The van der Waals surface area contributed by atoms with Crippen LogP contribution in [0, 0.1) is 5.82 Å². The average Bonchev–Trinajstić information content (AvgIpc) is 3.53. The number of carbonyl (C=O) groups excluding carboxylic acids is 2. The van der Waals surface area contributed by atoms with Gasteiger partial charge < -0.3 is 19.4 Å². The Labute approximate surface area is 273 Å². The van der Waals surface area contributed by atoms with Crippen molar-refractivity contribution in [2.24, 2.45) is 4.99 Å². The lowest BCUT2D eigenvalue weighted by molar-refractivity contribution is -0.139. The minimum Gasteiger partial charge on any atom is -0.491 e. The van der Waals surface area contributed by atoms with Gasteiger partial charge in [-0.05, 0) is 81.8 Å². The molecule has 11 heteroatoms. The maximum Gasteiger partial charge on any atom is 0.338 e. The minimum absolute atomic E-state index is 0.00555. The summed E-state index contributed by atoms with van der Waals surface area (Å²) in [6, 6.07) is 19.8. The summed E-state index contributed by atoms with van der Waals surface area (Å²) >= 11 is 1.23. The first-order chi connectivity index (χ1) is 22.6. The molecule has 5 aromatic rings. The predicted molar refractivity (Wildman–Crippen MR) is 180 cm³/mol. The second-order valence-corrected chi connectivity index (χ2v) is 12.3. The van der Waals surface area contributed by atoms with E-state index in [1.807, 2.05) is 73.1 Å². The van der Waals surface area contributed by atoms with Crippen LogP contribution in [0.1, 0.15) is 44.9 Å². The average molecular weight is 653 g/mol. The molecule has 0 aliphatic carbocycles. The molecule has 0 fully saturated rings. The number of ether oxygens (including phenoxy) is 2. The molecule has 6 rings (SSSR count). The zero-order chi connectivity index (χ0) is 33.2. The van der Waals surface area contributed by atoms with E-state index >= 15 is 0 Å². The number of anilines is 1. The molecule has 1 amide bonds. The maximum absolute atomic E-state index is 14.2. The zero-order valence-electron chi connectivity index (χ0n) is 26.3. The highest BCUT2D eigenvalue weighted by molar-refractivity contribution is 7.07. The van der Waals surface area contributed by atoms with E-state index in [0.29, 0.717) is 32.0 Å². The van der Waals surface area contributed by atoms with Crippen LogP contribution >= 0.6 is 11.3 Å². The number of amides is 1. The highest BCUT2D eigenvalue weighted by Gasteiger charge is 2.33. The van der Waals surface area contributed by atoms with Gasteiger partial charge in [-0.3, -0.25) is 14.2 Å². The van der Waals surface area contributed by atoms with E-state index in [1.165, 1.54) is 35.6 Å². The standard InChI is InChI=1S/C36H33FN4O5S/c1-5-45-35(44)32-22(4)38-36-41(33(32)23-10-16-27(17-11-23)46-21(2)3)34(43)30(47-36)18-24-19-40(29-9-7-6-8-28(24)29)20-31(42)39-26-14-12-25(37)13-15-26/h6-19,21,33H,5,20H2,1-4H3,(H,39,42)/b30-18-/t33-/m1/s1. The van der Waals surface area contributed by atoms with Gasteiger partial charge in [0.2, 0.25) is 5.91 Å². The van der Waals surface area contributed by atoms with Crippen LogP contribution in [0.2, 0.25) is 0 Å². The Morgan fingerprint density at radius 2 is 1.79 bits per heavy atom. The third kappa shape index (κ3) is 6.52. The number of nitrogens with zero attached hydrogens (tertiary/aromatic N) is 3. The molecule has 0 bridgehead atoms. The number of hydrogen-bond donors (Lipinski definition) is 1. The summed E-state index contributed by atoms with van der Waals surface area (Å²) in [4.78, 5) is 45.5. The van der Waals surface area contributed by atoms with E-state index in [4.69, 9.17) is 9.47 Å². The Balaban J connectivity index is 1.42. The van der Waals surface area contributed by atoms with Gasteiger partial charge in [-0.2, -0.15) is 0 Å². The molecule has 0 saturated carbocycles. The topological polar surface area (TPSA) is 104 Å². The number of benzene rings is 3. The van der Waals surface area contributed by atoms with Crippen molar-refractivity contribution < 1.29 is 23.5 Å². The number of esters is 1. The van der Waals surface area contributed by atoms with Crippen LogP contribution in [0.4, 0.5) is 10.1 Å². The lowest BCUT2D eigenvalue weighted by Gasteiger charge is -2.25. The van der Waals surface area contributed by atoms with Gasteiger partial charge in [0.25, 0.3) is 5.56 Å². The quantitative estimate of drug-likeness (QED) is 0.217. The number of nitrogens with one attached hydrogen (secondary N) is 1.